The van der Waals surface area contributed by atoms with E-state index >= 15 is 0 Å². The Morgan fingerprint density at radius 3 is 2.76 bits per heavy atom. The Bertz CT molecular complexity index is 783. The molecule has 0 aliphatic heterocycles. The zero-order valence-corrected chi connectivity index (χ0v) is 11.5. The standard InChI is InChI=1S/C16H14FN3O/c1-10-8-12(6-7-13(10)17)16-19-15(21-20-16)9-11-4-2-3-5-14(11)18/h2-8H,9,18H2,1H3. The number of nitrogen functional groups attached to an aromatic ring is 1. The molecule has 1 aromatic heterocycles. The van der Waals surface area contributed by atoms with Crippen molar-refractivity contribution in [1.82, 2.24) is 10.1 Å². The summed E-state index contributed by atoms with van der Waals surface area (Å²) in [5.74, 6) is 0.673. The number of hydrogen-bond acceptors (Lipinski definition) is 4. The fraction of sp³-hybridized carbons (Fsp3) is 0.125. The van der Waals surface area contributed by atoms with E-state index in [1.54, 1.807) is 19.1 Å². The molecule has 106 valence electrons. The fourth-order valence-electron chi connectivity index (χ4n) is 2.09. The van der Waals surface area contributed by atoms with E-state index < -0.39 is 0 Å². The summed E-state index contributed by atoms with van der Waals surface area (Å²) in [6.07, 6.45) is 0.472. The molecule has 0 spiro atoms. The second-order valence-corrected chi connectivity index (χ2v) is 4.85. The van der Waals surface area contributed by atoms with Crippen molar-refractivity contribution in [3.05, 3.63) is 65.3 Å². The highest BCUT2D eigenvalue weighted by Crippen LogP contribution is 2.21. The maximum absolute atomic E-state index is 13.3. The van der Waals surface area contributed by atoms with Crippen LogP contribution in [-0.2, 0) is 6.42 Å². The van der Waals surface area contributed by atoms with E-state index in [-0.39, 0.29) is 5.82 Å². The summed E-state index contributed by atoms with van der Waals surface area (Å²) in [6, 6.07) is 12.3. The molecule has 0 radical (unpaired) electrons. The van der Waals surface area contributed by atoms with Gasteiger partial charge in [-0.05, 0) is 42.3 Å². The average molecular weight is 283 g/mol. The molecule has 5 heteroatoms. The van der Waals surface area contributed by atoms with Crippen molar-refractivity contribution >= 4 is 5.69 Å². The van der Waals surface area contributed by atoms with Crippen molar-refractivity contribution in [2.24, 2.45) is 0 Å². The number of hydrogen-bond donors (Lipinski definition) is 1. The molecule has 1 heterocycles. The zero-order chi connectivity index (χ0) is 14.8. The molecule has 0 aliphatic carbocycles. The molecule has 2 N–H and O–H groups in total. The molecule has 0 unspecified atom stereocenters. The lowest BCUT2D eigenvalue weighted by Crippen LogP contribution is -1.95. The monoisotopic (exact) mass is 283 g/mol. The minimum absolute atomic E-state index is 0.250. The molecule has 0 saturated carbocycles. The lowest BCUT2D eigenvalue weighted by atomic mass is 10.1. The van der Waals surface area contributed by atoms with E-state index in [9.17, 15) is 4.39 Å². The number of aromatic nitrogens is 2. The number of nitrogens with two attached hydrogens (primary N) is 1. The summed E-state index contributed by atoms with van der Waals surface area (Å²) >= 11 is 0. The summed E-state index contributed by atoms with van der Waals surface area (Å²) in [5.41, 5.74) is 8.79. The van der Waals surface area contributed by atoms with Crippen LogP contribution in [0.3, 0.4) is 0 Å². The van der Waals surface area contributed by atoms with Gasteiger partial charge in [-0.3, -0.25) is 0 Å². The van der Waals surface area contributed by atoms with Crippen LogP contribution in [0.2, 0.25) is 0 Å². The van der Waals surface area contributed by atoms with E-state index in [4.69, 9.17) is 10.3 Å². The Morgan fingerprint density at radius 1 is 1.19 bits per heavy atom. The van der Waals surface area contributed by atoms with Gasteiger partial charge in [0.05, 0.1) is 6.42 Å². The van der Waals surface area contributed by atoms with Gasteiger partial charge in [0.1, 0.15) is 5.82 Å². The zero-order valence-electron chi connectivity index (χ0n) is 11.5. The van der Waals surface area contributed by atoms with Crippen molar-refractivity contribution in [3.8, 4) is 11.4 Å². The highest BCUT2D eigenvalue weighted by atomic mass is 19.1. The van der Waals surface area contributed by atoms with Gasteiger partial charge >= 0.3 is 0 Å². The van der Waals surface area contributed by atoms with E-state index in [0.717, 1.165) is 11.1 Å². The van der Waals surface area contributed by atoms with Gasteiger partial charge in [0.2, 0.25) is 11.7 Å². The summed E-state index contributed by atoms with van der Waals surface area (Å²) in [6.45, 7) is 1.70. The molecule has 4 nitrogen and oxygen atoms in total. The number of rotatable bonds is 3. The van der Waals surface area contributed by atoms with Crippen molar-refractivity contribution in [3.63, 3.8) is 0 Å². The summed E-state index contributed by atoms with van der Waals surface area (Å²) in [4.78, 5) is 4.33. The molecule has 2 aromatic carbocycles. The summed E-state index contributed by atoms with van der Waals surface area (Å²) < 4.78 is 18.5. The minimum atomic E-state index is -0.250. The molecule has 0 bridgehead atoms. The fourth-order valence-corrected chi connectivity index (χ4v) is 2.09. The smallest absolute Gasteiger partial charge is 0.231 e. The Kier molecular flexibility index (Phi) is 3.39. The highest BCUT2D eigenvalue weighted by Gasteiger charge is 2.11. The highest BCUT2D eigenvalue weighted by molar-refractivity contribution is 5.55. The summed E-state index contributed by atoms with van der Waals surface area (Å²) in [7, 11) is 0. The Labute approximate surface area is 121 Å². The van der Waals surface area contributed by atoms with Crippen LogP contribution < -0.4 is 5.73 Å². The van der Waals surface area contributed by atoms with Gasteiger partial charge in [-0.2, -0.15) is 4.98 Å². The van der Waals surface area contributed by atoms with Gasteiger partial charge in [0, 0.05) is 11.3 Å². The third kappa shape index (κ3) is 2.76. The first-order valence-electron chi connectivity index (χ1n) is 6.56. The quantitative estimate of drug-likeness (QED) is 0.748. The lowest BCUT2D eigenvalue weighted by molar-refractivity contribution is 0.386. The van der Waals surface area contributed by atoms with Gasteiger partial charge in [-0.15, -0.1) is 0 Å². The number of para-hydroxylation sites is 1. The van der Waals surface area contributed by atoms with Crippen LogP contribution in [0, 0.1) is 12.7 Å². The molecule has 0 amide bonds. The van der Waals surface area contributed by atoms with Crippen LogP contribution in [0.25, 0.3) is 11.4 Å². The van der Waals surface area contributed by atoms with Gasteiger partial charge in [-0.25, -0.2) is 4.39 Å². The molecule has 21 heavy (non-hydrogen) atoms. The first kappa shape index (κ1) is 13.3. The molecular formula is C16H14FN3O. The van der Waals surface area contributed by atoms with Crippen LogP contribution in [0.15, 0.2) is 47.0 Å². The SMILES string of the molecule is Cc1cc(-c2noc(Cc3ccccc3N)n2)ccc1F. The molecule has 3 aromatic rings. The van der Waals surface area contributed by atoms with Crippen molar-refractivity contribution in [1.29, 1.82) is 0 Å². The normalized spacial score (nSPS) is 10.8. The second kappa shape index (κ2) is 5.36. The Morgan fingerprint density at radius 2 is 2.00 bits per heavy atom. The van der Waals surface area contributed by atoms with E-state index in [1.165, 1.54) is 6.07 Å². The van der Waals surface area contributed by atoms with Crippen LogP contribution in [0.5, 0.6) is 0 Å². The van der Waals surface area contributed by atoms with Gasteiger partial charge in [0.15, 0.2) is 0 Å². The summed E-state index contributed by atoms with van der Waals surface area (Å²) in [5, 5.41) is 3.93. The van der Waals surface area contributed by atoms with E-state index in [2.05, 4.69) is 10.1 Å². The number of nitrogens with zero attached hydrogens (tertiary/aromatic N) is 2. The molecule has 0 aliphatic rings. The number of anilines is 1. The topological polar surface area (TPSA) is 64.9 Å². The van der Waals surface area contributed by atoms with Crippen LogP contribution >= 0.6 is 0 Å². The Balaban J connectivity index is 1.86. The molecule has 0 atom stereocenters. The van der Waals surface area contributed by atoms with E-state index in [0.29, 0.717) is 29.4 Å². The van der Waals surface area contributed by atoms with Gasteiger partial charge in [0.25, 0.3) is 0 Å². The van der Waals surface area contributed by atoms with Crippen molar-refractivity contribution in [2.45, 2.75) is 13.3 Å². The molecular weight excluding hydrogens is 269 g/mol. The maximum atomic E-state index is 13.3. The maximum Gasteiger partial charge on any atom is 0.231 e. The lowest BCUT2D eigenvalue weighted by Gasteiger charge is -2.00. The van der Waals surface area contributed by atoms with Crippen LogP contribution in [0.1, 0.15) is 17.0 Å². The van der Waals surface area contributed by atoms with Crippen LogP contribution in [0.4, 0.5) is 10.1 Å². The molecule has 3 rings (SSSR count). The molecule has 0 saturated heterocycles. The predicted molar refractivity (Wildman–Crippen MR) is 78.1 cm³/mol. The van der Waals surface area contributed by atoms with Gasteiger partial charge in [-0.1, -0.05) is 23.4 Å². The first-order valence-corrected chi connectivity index (χ1v) is 6.56. The Hall–Kier alpha value is -2.69. The third-order valence-electron chi connectivity index (χ3n) is 3.28. The van der Waals surface area contributed by atoms with Gasteiger partial charge < -0.3 is 10.3 Å². The number of halogens is 1. The predicted octanol–water partition coefficient (Wildman–Crippen LogP) is 3.36. The second-order valence-electron chi connectivity index (χ2n) is 4.85. The molecule has 0 fully saturated rings. The van der Waals surface area contributed by atoms with E-state index in [1.807, 2.05) is 24.3 Å². The minimum Gasteiger partial charge on any atom is -0.398 e. The largest absolute Gasteiger partial charge is 0.398 e. The number of benzene rings is 2. The van der Waals surface area contributed by atoms with Crippen LogP contribution in [-0.4, -0.2) is 10.1 Å². The average Bonchev–Trinajstić information content (AvgIpc) is 2.93. The number of aryl methyl sites for hydroxylation is 1. The first-order chi connectivity index (χ1) is 10.1. The third-order valence-corrected chi connectivity index (χ3v) is 3.28. The van der Waals surface area contributed by atoms with Crippen molar-refractivity contribution in [2.75, 3.05) is 5.73 Å². The van der Waals surface area contributed by atoms with Crippen molar-refractivity contribution < 1.29 is 8.91 Å².